The molecule has 2 rings (SSSR count). The van der Waals surface area contributed by atoms with E-state index < -0.39 is 10.0 Å². The Morgan fingerprint density at radius 3 is 2.45 bits per heavy atom. The minimum Gasteiger partial charge on any atom is -0.492 e. The van der Waals surface area contributed by atoms with Gasteiger partial charge in [0, 0.05) is 33.2 Å². The minimum absolute atomic E-state index is 0. The van der Waals surface area contributed by atoms with Crippen LogP contribution in [-0.4, -0.2) is 76.2 Å². The zero-order chi connectivity index (χ0) is 20.6. The number of sulfonamides is 1. The number of benzene rings is 1. The number of aryl methyl sites for hydroxylation is 1. The summed E-state index contributed by atoms with van der Waals surface area (Å²) in [5.41, 5.74) is 1.22. The maximum absolute atomic E-state index is 11.6. The largest absolute Gasteiger partial charge is 0.492 e. The normalized spacial score (nSPS) is 16.2. The van der Waals surface area contributed by atoms with Gasteiger partial charge >= 0.3 is 0 Å². The van der Waals surface area contributed by atoms with Crippen LogP contribution in [0.1, 0.15) is 25.3 Å². The van der Waals surface area contributed by atoms with E-state index in [0.29, 0.717) is 32.2 Å². The van der Waals surface area contributed by atoms with Gasteiger partial charge in [-0.25, -0.2) is 12.7 Å². The molecule has 0 spiro atoms. The van der Waals surface area contributed by atoms with Gasteiger partial charge in [0.1, 0.15) is 12.4 Å². The SMILES string of the molecule is CCNC(=NCC1CCN(S(C)(=O)=O)CC1)N(C)CCOc1ccc(C)cc1.I. The molecule has 1 aliphatic heterocycles. The molecule has 1 aromatic rings. The van der Waals surface area contributed by atoms with Crippen LogP contribution in [0.15, 0.2) is 29.3 Å². The van der Waals surface area contributed by atoms with Crippen molar-refractivity contribution in [1.82, 2.24) is 14.5 Å². The first-order valence-electron chi connectivity index (χ1n) is 9.93. The molecule has 1 fully saturated rings. The van der Waals surface area contributed by atoms with E-state index in [1.165, 1.54) is 11.8 Å². The summed E-state index contributed by atoms with van der Waals surface area (Å²) in [6, 6.07) is 8.05. The second kappa shape index (κ2) is 12.6. The summed E-state index contributed by atoms with van der Waals surface area (Å²) in [6.45, 7) is 8.12. The summed E-state index contributed by atoms with van der Waals surface area (Å²) in [4.78, 5) is 6.84. The van der Waals surface area contributed by atoms with E-state index in [1.807, 2.05) is 31.3 Å². The molecule has 0 aliphatic carbocycles. The third-order valence-electron chi connectivity index (χ3n) is 4.95. The number of piperidine rings is 1. The van der Waals surface area contributed by atoms with Crippen molar-refractivity contribution >= 4 is 40.0 Å². The molecule has 1 saturated heterocycles. The molecule has 0 radical (unpaired) electrons. The number of ether oxygens (including phenoxy) is 1. The number of hydrogen-bond donors (Lipinski definition) is 1. The third-order valence-corrected chi connectivity index (χ3v) is 6.26. The first-order valence-corrected chi connectivity index (χ1v) is 11.8. The van der Waals surface area contributed by atoms with Gasteiger partial charge in [0.25, 0.3) is 0 Å². The molecule has 7 nitrogen and oxygen atoms in total. The fraction of sp³-hybridized carbons (Fsp3) is 0.650. The zero-order valence-corrected chi connectivity index (χ0v) is 21.1. The monoisotopic (exact) mass is 538 g/mol. The molecule has 0 saturated carbocycles. The lowest BCUT2D eigenvalue weighted by molar-refractivity contribution is 0.274. The van der Waals surface area contributed by atoms with Crippen molar-refractivity contribution in [3.05, 3.63) is 29.8 Å². The Morgan fingerprint density at radius 1 is 1.28 bits per heavy atom. The van der Waals surface area contributed by atoms with Crippen molar-refractivity contribution in [2.24, 2.45) is 10.9 Å². The van der Waals surface area contributed by atoms with E-state index in [-0.39, 0.29) is 24.0 Å². The Morgan fingerprint density at radius 2 is 1.90 bits per heavy atom. The van der Waals surface area contributed by atoms with Crippen LogP contribution < -0.4 is 10.1 Å². The molecular weight excluding hydrogens is 503 g/mol. The van der Waals surface area contributed by atoms with E-state index in [4.69, 9.17) is 9.73 Å². The van der Waals surface area contributed by atoms with Gasteiger partial charge in [0.05, 0.1) is 12.8 Å². The number of guanidine groups is 1. The summed E-state index contributed by atoms with van der Waals surface area (Å²) in [5.74, 6) is 2.16. The minimum atomic E-state index is -3.08. The van der Waals surface area contributed by atoms with Gasteiger partial charge < -0.3 is 15.0 Å². The van der Waals surface area contributed by atoms with Crippen molar-refractivity contribution < 1.29 is 13.2 Å². The van der Waals surface area contributed by atoms with Crippen LogP contribution >= 0.6 is 24.0 Å². The Bertz CT molecular complexity index is 733. The first kappa shape index (κ1) is 26.0. The molecule has 29 heavy (non-hydrogen) atoms. The molecule has 1 aliphatic rings. The molecule has 166 valence electrons. The van der Waals surface area contributed by atoms with Gasteiger partial charge in [-0.3, -0.25) is 4.99 Å². The number of nitrogens with zero attached hydrogens (tertiary/aromatic N) is 3. The van der Waals surface area contributed by atoms with E-state index >= 15 is 0 Å². The molecule has 0 aromatic heterocycles. The van der Waals surface area contributed by atoms with Gasteiger partial charge in [-0.15, -0.1) is 24.0 Å². The second-order valence-corrected chi connectivity index (χ2v) is 9.37. The molecule has 0 atom stereocenters. The quantitative estimate of drug-likeness (QED) is 0.313. The molecular formula is C20H35IN4O3S. The fourth-order valence-electron chi connectivity index (χ4n) is 3.15. The van der Waals surface area contributed by atoms with Crippen LogP contribution in [0.4, 0.5) is 0 Å². The smallest absolute Gasteiger partial charge is 0.211 e. The maximum Gasteiger partial charge on any atom is 0.211 e. The van der Waals surface area contributed by atoms with Crippen LogP contribution in [0, 0.1) is 12.8 Å². The van der Waals surface area contributed by atoms with Crippen LogP contribution in [0.25, 0.3) is 0 Å². The summed E-state index contributed by atoms with van der Waals surface area (Å²) in [7, 11) is -1.07. The van der Waals surface area contributed by atoms with Crippen LogP contribution in [0.3, 0.4) is 0 Å². The van der Waals surface area contributed by atoms with Gasteiger partial charge in [-0.2, -0.15) is 0 Å². The predicted molar refractivity (Wildman–Crippen MR) is 130 cm³/mol. The first-order chi connectivity index (χ1) is 13.3. The summed E-state index contributed by atoms with van der Waals surface area (Å²) < 4.78 is 30.6. The summed E-state index contributed by atoms with van der Waals surface area (Å²) >= 11 is 0. The highest BCUT2D eigenvalue weighted by Gasteiger charge is 2.24. The number of likely N-dealkylation sites (N-methyl/N-ethyl adjacent to an activating group) is 1. The van der Waals surface area contributed by atoms with Crippen molar-refractivity contribution in [3.63, 3.8) is 0 Å². The lowest BCUT2D eigenvalue weighted by atomic mass is 9.98. The highest BCUT2D eigenvalue weighted by molar-refractivity contribution is 14.0. The summed E-state index contributed by atoms with van der Waals surface area (Å²) in [6.07, 6.45) is 2.99. The van der Waals surface area contributed by atoms with E-state index in [9.17, 15) is 8.42 Å². The average molecular weight is 538 g/mol. The zero-order valence-electron chi connectivity index (χ0n) is 17.9. The van der Waals surface area contributed by atoms with E-state index in [2.05, 4.69) is 24.1 Å². The van der Waals surface area contributed by atoms with Gasteiger partial charge in [0.2, 0.25) is 10.0 Å². The van der Waals surface area contributed by atoms with Crippen molar-refractivity contribution in [1.29, 1.82) is 0 Å². The van der Waals surface area contributed by atoms with Crippen LogP contribution in [-0.2, 0) is 10.0 Å². The average Bonchev–Trinajstić information content (AvgIpc) is 2.66. The summed E-state index contributed by atoms with van der Waals surface area (Å²) in [5, 5.41) is 3.33. The number of halogens is 1. The molecule has 9 heteroatoms. The Labute approximate surface area is 193 Å². The van der Waals surface area contributed by atoms with Crippen molar-refractivity contribution in [2.75, 3.05) is 52.6 Å². The molecule has 1 heterocycles. The van der Waals surface area contributed by atoms with Gasteiger partial charge in [-0.1, -0.05) is 17.7 Å². The lowest BCUT2D eigenvalue weighted by Crippen LogP contribution is -2.42. The predicted octanol–water partition coefficient (Wildman–Crippen LogP) is 2.56. The number of rotatable bonds is 8. The molecule has 0 bridgehead atoms. The lowest BCUT2D eigenvalue weighted by Gasteiger charge is -2.30. The van der Waals surface area contributed by atoms with Crippen molar-refractivity contribution in [2.45, 2.75) is 26.7 Å². The van der Waals surface area contributed by atoms with Gasteiger partial charge in [0.15, 0.2) is 5.96 Å². The van der Waals surface area contributed by atoms with E-state index in [1.54, 1.807) is 4.31 Å². The Balaban J connectivity index is 0.00000420. The Hall–Kier alpha value is -1.07. The number of hydrogen-bond acceptors (Lipinski definition) is 4. The van der Waals surface area contributed by atoms with Crippen LogP contribution in [0.5, 0.6) is 5.75 Å². The van der Waals surface area contributed by atoms with Gasteiger partial charge in [-0.05, 0) is 44.7 Å². The molecule has 1 N–H and O–H groups in total. The van der Waals surface area contributed by atoms with Crippen molar-refractivity contribution in [3.8, 4) is 5.75 Å². The number of nitrogens with one attached hydrogen (secondary N) is 1. The molecule has 0 unspecified atom stereocenters. The maximum atomic E-state index is 11.6. The molecule has 1 aromatic carbocycles. The molecule has 0 amide bonds. The Kier molecular flexibility index (Phi) is 11.3. The third kappa shape index (κ3) is 9.08. The highest BCUT2D eigenvalue weighted by Crippen LogP contribution is 2.19. The van der Waals surface area contributed by atoms with Crippen LogP contribution in [0.2, 0.25) is 0 Å². The number of aliphatic imine (C=N–C) groups is 1. The van der Waals surface area contributed by atoms with E-state index in [0.717, 1.165) is 37.6 Å². The fourth-order valence-corrected chi connectivity index (χ4v) is 4.02. The topological polar surface area (TPSA) is 74.2 Å². The highest BCUT2D eigenvalue weighted by atomic mass is 127. The second-order valence-electron chi connectivity index (χ2n) is 7.38. The standard InChI is InChI=1S/C20H34N4O3S.HI/c1-5-21-20(22-16-18-10-12-24(13-11-18)28(4,25)26)23(3)14-15-27-19-8-6-17(2)7-9-19;/h6-9,18H,5,10-16H2,1-4H3,(H,21,22);1H.